The van der Waals surface area contributed by atoms with Gasteiger partial charge in [-0.2, -0.15) is 0 Å². The van der Waals surface area contributed by atoms with Gasteiger partial charge in [0.1, 0.15) is 0 Å². The monoisotopic (exact) mass is 250 g/mol. The van der Waals surface area contributed by atoms with Crippen molar-refractivity contribution < 1.29 is 9.90 Å². The van der Waals surface area contributed by atoms with Crippen molar-refractivity contribution in [2.24, 2.45) is 0 Å². The molecule has 0 aliphatic carbocycles. The fraction of sp³-hybridized carbons (Fsp3) is 0.167. The van der Waals surface area contributed by atoms with Gasteiger partial charge in [0.25, 0.3) is 5.91 Å². The van der Waals surface area contributed by atoms with Crippen LogP contribution in [-0.4, -0.2) is 29.1 Å². The van der Waals surface area contributed by atoms with Gasteiger partial charge in [0.05, 0.1) is 22.7 Å². The van der Waals surface area contributed by atoms with E-state index in [0.717, 1.165) is 5.39 Å². The highest BCUT2D eigenvalue weighted by molar-refractivity contribution is 6.35. The highest BCUT2D eigenvalue weighted by Gasteiger charge is 2.07. The van der Waals surface area contributed by atoms with E-state index in [1.165, 1.54) is 6.20 Å². The van der Waals surface area contributed by atoms with Gasteiger partial charge in [0.15, 0.2) is 0 Å². The molecule has 2 rings (SSSR count). The minimum absolute atomic E-state index is 0.0847. The van der Waals surface area contributed by atoms with Crippen molar-refractivity contribution in [2.45, 2.75) is 0 Å². The van der Waals surface area contributed by atoms with Crippen LogP contribution in [0, 0.1) is 0 Å². The van der Waals surface area contributed by atoms with Gasteiger partial charge in [-0.05, 0) is 12.1 Å². The van der Waals surface area contributed by atoms with E-state index < -0.39 is 0 Å². The van der Waals surface area contributed by atoms with Gasteiger partial charge in [0.2, 0.25) is 0 Å². The van der Waals surface area contributed by atoms with Crippen LogP contribution in [0.15, 0.2) is 30.5 Å². The Morgan fingerprint density at radius 1 is 1.47 bits per heavy atom. The number of carbonyl (C=O) groups excluding carboxylic acids is 1. The Hall–Kier alpha value is -1.65. The van der Waals surface area contributed by atoms with E-state index in [9.17, 15) is 4.79 Å². The Labute approximate surface area is 103 Å². The molecule has 0 atom stereocenters. The summed E-state index contributed by atoms with van der Waals surface area (Å²) in [5.41, 5.74) is 1.13. The average Bonchev–Trinajstić information content (AvgIpc) is 2.36. The highest BCUT2D eigenvalue weighted by Crippen LogP contribution is 2.21. The number of rotatable bonds is 3. The van der Waals surface area contributed by atoms with Gasteiger partial charge < -0.3 is 10.4 Å². The first-order valence-corrected chi connectivity index (χ1v) is 5.53. The largest absolute Gasteiger partial charge is 0.395 e. The van der Waals surface area contributed by atoms with E-state index in [0.29, 0.717) is 16.1 Å². The van der Waals surface area contributed by atoms with Crippen molar-refractivity contribution in [2.75, 3.05) is 13.2 Å². The van der Waals surface area contributed by atoms with Crippen LogP contribution in [0.5, 0.6) is 0 Å². The maximum Gasteiger partial charge on any atom is 0.252 e. The normalized spacial score (nSPS) is 10.5. The summed E-state index contributed by atoms with van der Waals surface area (Å²) in [6.07, 6.45) is 1.47. The average molecular weight is 251 g/mol. The Morgan fingerprint density at radius 3 is 3.06 bits per heavy atom. The molecule has 0 aliphatic rings. The third-order valence-electron chi connectivity index (χ3n) is 2.32. The molecule has 4 nitrogen and oxygen atoms in total. The lowest BCUT2D eigenvalue weighted by molar-refractivity contribution is 0.0944. The summed E-state index contributed by atoms with van der Waals surface area (Å²) in [5.74, 6) is -0.256. The number of hydrogen-bond acceptors (Lipinski definition) is 3. The second-order valence-electron chi connectivity index (χ2n) is 3.52. The summed E-state index contributed by atoms with van der Waals surface area (Å²) in [5, 5.41) is 12.6. The first kappa shape index (κ1) is 11.8. The summed E-state index contributed by atoms with van der Waals surface area (Å²) in [4.78, 5) is 15.8. The van der Waals surface area contributed by atoms with E-state index in [4.69, 9.17) is 16.7 Å². The molecular formula is C12H11ClN2O2. The predicted molar refractivity (Wildman–Crippen MR) is 66.2 cm³/mol. The molecule has 0 aliphatic heterocycles. The molecule has 0 radical (unpaired) electrons. The topological polar surface area (TPSA) is 62.2 Å². The van der Waals surface area contributed by atoms with Crippen molar-refractivity contribution in [3.63, 3.8) is 0 Å². The number of aromatic nitrogens is 1. The number of benzene rings is 1. The molecule has 17 heavy (non-hydrogen) atoms. The second-order valence-corrected chi connectivity index (χ2v) is 3.92. The molecule has 2 aromatic rings. The lowest BCUT2D eigenvalue weighted by Crippen LogP contribution is -2.26. The molecule has 0 saturated heterocycles. The Kier molecular flexibility index (Phi) is 3.56. The van der Waals surface area contributed by atoms with Crippen molar-refractivity contribution >= 4 is 28.4 Å². The van der Waals surface area contributed by atoms with Crippen LogP contribution in [0.2, 0.25) is 5.02 Å². The SMILES string of the molecule is O=C(NCCO)c1cnc2c(Cl)cccc2c1. The van der Waals surface area contributed by atoms with Crippen LogP contribution in [0.3, 0.4) is 0 Å². The summed E-state index contributed by atoms with van der Waals surface area (Å²) in [6.45, 7) is 0.144. The van der Waals surface area contributed by atoms with Crippen molar-refractivity contribution in [1.29, 1.82) is 0 Å². The molecule has 2 N–H and O–H groups in total. The third kappa shape index (κ3) is 2.54. The van der Waals surface area contributed by atoms with Gasteiger partial charge >= 0.3 is 0 Å². The minimum Gasteiger partial charge on any atom is -0.395 e. The number of nitrogens with one attached hydrogen (secondary N) is 1. The van der Waals surface area contributed by atoms with E-state index in [1.54, 1.807) is 12.1 Å². The summed E-state index contributed by atoms with van der Waals surface area (Å²) >= 11 is 5.98. The molecule has 1 aromatic heterocycles. The highest BCUT2D eigenvalue weighted by atomic mass is 35.5. The summed E-state index contributed by atoms with van der Waals surface area (Å²) < 4.78 is 0. The maximum absolute atomic E-state index is 11.6. The lowest BCUT2D eigenvalue weighted by Gasteiger charge is -2.04. The van der Waals surface area contributed by atoms with Gasteiger partial charge in [-0.1, -0.05) is 23.7 Å². The Morgan fingerprint density at radius 2 is 2.29 bits per heavy atom. The molecule has 0 fully saturated rings. The number of fused-ring (bicyclic) bond motifs is 1. The standard InChI is InChI=1S/C12H11ClN2O2/c13-10-3-1-2-8-6-9(7-15-11(8)10)12(17)14-4-5-16/h1-3,6-7,16H,4-5H2,(H,14,17). The fourth-order valence-corrected chi connectivity index (χ4v) is 1.75. The van der Waals surface area contributed by atoms with Crippen molar-refractivity contribution in [3.05, 3.63) is 41.0 Å². The quantitative estimate of drug-likeness (QED) is 0.870. The van der Waals surface area contributed by atoms with Crippen LogP contribution in [0.25, 0.3) is 10.9 Å². The molecule has 0 unspecified atom stereocenters. The maximum atomic E-state index is 11.6. The second kappa shape index (κ2) is 5.12. The van der Waals surface area contributed by atoms with Crippen molar-refractivity contribution in [1.82, 2.24) is 10.3 Å². The van der Waals surface area contributed by atoms with E-state index in [-0.39, 0.29) is 19.1 Å². The van der Waals surface area contributed by atoms with Gasteiger partial charge in [0, 0.05) is 18.1 Å². The van der Waals surface area contributed by atoms with Crippen molar-refractivity contribution in [3.8, 4) is 0 Å². The lowest BCUT2D eigenvalue weighted by atomic mass is 10.1. The Balaban J connectivity index is 2.35. The zero-order valence-electron chi connectivity index (χ0n) is 8.98. The van der Waals surface area contributed by atoms with Gasteiger partial charge in [-0.3, -0.25) is 9.78 Å². The molecule has 0 saturated carbocycles. The summed E-state index contributed by atoms with van der Waals surface area (Å²) in [7, 11) is 0. The first-order valence-electron chi connectivity index (χ1n) is 5.15. The fourth-order valence-electron chi connectivity index (χ4n) is 1.52. The minimum atomic E-state index is -0.256. The van der Waals surface area contributed by atoms with Crippen LogP contribution < -0.4 is 5.32 Å². The third-order valence-corrected chi connectivity index (χ3v) is 2.63. The zero-order valence-corrected chi connectivity index (χ0v) is 9.74. The molecule has 0 bridgehead atoms. The molecular weight excluding hydrogens is 240 g/mol. The number of aliphatic hydroxyl groups is 1. The predicted octanol–water partition coefficient (Wildman–Crippen LogP) is 1.61. The number of para-hydroxylation sites is 1. The van der Waals surface area contributed by atoms with Gasteiger partial charge in [-0.25, -0.2) is 0 Å². The van der Waals surface area contributed by atoms with Crippen LogP contribution in [0.1, 0.15) is 10.4 Å². The molecule has 0 spiro atoms. The number of aliphatic hydroxyl groups excluding tert-OH is 1. The number of pyridine rings is 1. The van der Waals surface area contributed by atoms with Crippen LogP contribution in [0.4, 0.5) is 0 Å². The molecule has 1 aromatic carbocycles. The molecule has 5 heteroatoms. The summed E-state index contributed by atoms with van der Waals surface area (Å²) in [6, 6.07) is 7.13. The number of halogens is 1. The smallest absolute Gasteiger partial charge is 0.252 e. The van der Waals surface area contributed by atoms with E-state index in [2.05, 4.69) is 10.3 Å². The zero-order chi connectivity index (χ0) is 12.3. The van der Waals surface area contributed by atoms with Gasteiger partial charge in [-0.15, -0.1) is 0 Å². The van der Waals surface area contributed by atoms with Crippen LogP contribution in [-0.2, 0) is 0 Å². The molecule has 1 heterocycles. The number of hydrogen-bond donors (Lipinski definition) is 2. The molecule has 1 amide bonds. The number of carbonyl (C=O) groups is 1. The number of nitrogens with zero attached hydrogens (tertiary/aromatic N) is 1. The van der Waals surface area contributed by atoms with E-state index in [1.807, 2.05) is 12.1 Å². The van der Waals surface area contributed by atoms with E-state index >= 15 is 0 Å². The number of amides is 1. The van der Waals surface area contributed by atoms with Crippen LogP contribution >= 0.6 is 11.6 Å². The Bertz CT molecular complexity index is 557. The first-order chi connectivity index (χ1) is 8.22. The molecule has 88 valence electrons.